The third-order valence-corrected chi connectivity index (χ3v) is 5.54. The number of rotatable bonds is 4. The van der Waals surface area contributed by atoms with Crippen molar-refractivity contribution in [1.82, 2.24) is 5.32 Å². The van der Waals surface area contributed by atoms with Gasteiger partial charge in [0.25, 0.3) is 0 Å². The van der Waals surface area contributed by atoms with E-state index in [0.29, 0.717) is 23.7 Å². The maximum atomic E-state index is 6.40. The maximum Gasteiger partial charge on any atom is 0.0659 e. The van der Waals surface area contributed by atoms with Crippen LogP contribution in [0, 0.1) is 17.3 Å². The molecule has 0 aromatic rings. The average Bonchev–Trinajstić information content (AvgIpc) is 2.32. The highest BCUT2D eigenvalue weighted by molar-refractivity contribution is 5.03. The van der Waals surface area contributed by atoms with E-state index in [1.807, 2.05) is 0 Å². The molecule has 2 nitrogen and oxygen atoms in total. The van der Waals surface area contributed by atoms with E-state index in [-0.39, 0.29) is 0 Å². The zero-order valence-corrected chi connectivity index (χ0v) is 12.8. The van der Waals surface area contributed by atoms with Crippen LogP contribution in [-0.2, 0) is 4.74 Å². The smallest absolute Gasteiger partial charge is 0.0659 e. The number of ether oxygens (including phenoxy) is 1. The van der Waals surface area contributed by atoms with Gasteiger partial charge in [-0.25, -0.2) is 0 Å². The largest absolute Gasteiger partial charge is 0.374 e. The van der Waals surface area contributed by atoms with Crippen LogP contribution in [0.5, 0.6) is 0 Å². The lowest BCUT2D eigenvalue weighted by atomic mass is 9.64. The third kappa shape index (κ3) is 2.75. The highest BCUT2D eigenvalue weighted by Crippen LogP contribution is 2.44. The van der Waals surface area contributed by atoms with Crippen LogP contribution in [0.3, 0.4) is 0 Å². The first-order valence-electron chi connectivity index (χ1n) is 7.84. The molecule has 0 heterocycles. The van der Waals surface area contributed by atoms with Crippen LogP contribution < -0.4 is 5.32 Å². The Balaban J connectivity index is 1.81. The van der Waals surface area contributed by atoms with Crippen LogP contribution in [0.1, 0.15) is 60.3 Å². The van der Waals surface area contributed by atoms with Gasteiger partial charge in [-0.3, -0.25) is 0 Å². The van der Waals surface area contributed by atoms with Gasteiger partial charge in [0.05, 0.1) is 12.2 Å². The first-order chi connectivity index (χ1) is 8.45. The quantitative estimate of drug-likeness (QED) is 0.826. The zero-order chi connectivity index (χ0) is 13.3. The van der Waals surface area contributed by atoms with Gasteiger partial charge >= 0.3 is 0 Å². The van der Waals surface area contributed by atoms with Crippen LogP contribution in [0.25, 0.3) is 0 Å². The maximum absolute atomic E-state index is 6.40. The number of hydrogen-bond acceptors (Lipinski definition) is 2. The first kappa shape index (κ1) is 14.3. The molecule has 0 aromatic heterocycles. The third-order valence-electron chi connectivity index (χ3n) is 5.54. The molecule has 0 bridgehead atoms. The van der Waals surface area contributed by atoms with Crippen molar-refractivity contribution >= 4 is 0 Å². The summed E-state index contributed by atoms with van der Waals surface area (Å²) in [5.74, 6) is 1.71. The summed E-state index contributed by atoms with van der Waals surface area (Å²) in [6, 6.07) is 0.646. The van der Waals surface area contributed by atoms with Crippen molar-refractivity contribution in [2.24, 2.45) is 17.3 Å². The van der Waals surface area contributed by atoms with Crippen molar-refractivity contribution in [3.63, 3.8) is 0 Å². The molecule has 2 rings (SSSR count). The van der Waals surface area contributed by atoms with E-state index in [2.05, 4.69) is 39.9 Å². The average molecular weight is 253 g/mol. The van der Waals surface area contributed by atoms with Crippen molar-refractivity contribution in [3.8, 4) is 0 Å². The lowest BCUT2D eigenvalue weighted by Gasteiger charge is -2.53. The highest BCUT2D eigenvalue weighted by Gasteiger charge is 2.49. The molecule has 0 aromatic carbocycles. The van der Waals surface area contributed by atoms with Crippen LogP contribution in [-0.4, -0.2) is 24.8 Å². The fourth-order valence-electron chi connectivity index (χ4n) is 3.56. The Bertz CT molecular complexity index is 276. The van der Waals surface area contributed by atoms with E-state index in [1.165, 1.54) is 25.7 Å². The van der Waals surface area contributed by atoms with Crippen molar-refractivity contribution < 1.29 is 4.74 Å². The van der Waals surface area contributed by atoms with Crippen molar-refractivity contribution in [1.29, 1.82) is 0 Å². The fourth-order valence-corrected chi connectivity index (χ4v) is 3.56. The van der Waals surface area contributed by atoms with Crippen molar-refractivity contribution in [3.05, 3.63) is 0 Å². The Labute approximate surface area is 113 Å². The minimum Gasteiger partial charge on any atom is -0.374 e. The summed E-state index contributed by atoms with van der Waals surface area (Å²) in [6.45, 7) is 12.7. The summed E-state index contributed by atoms with van der Waals surface area (Å²) in [7, 11) is 0. The first-order valence-corrected chi connectivity index (χ1v) is 7.84. The minimum absolute atomic E-state index is 0.308. The van der Waals surface area contributed by atoms with Gasteiger partial charge in [0, 0.05) is 11.5 Å². The molecule has 0 saturated heterocycles. The zero-order valence-electron chi connectivity index (χ0n) is 12.8. The Kier molecular flexibility index (Phi) is 4.38. The van der Waals surface area contributed by atoms with Crippen LogP contribution >= 0.6 is 0 Å². The van der Waals surface area contributed by atoms with Crippen molar-refractivity contribution in [2.75, 3.05) is 6.54 Å². The molecule has 2 heteroatoms. The lowest BCUT2D eigenvalue weighted by Crippen LogP contribution is -2.61. The molecule has 5 atom stereocenters. The topological polar surface area (TPSA) is 21.3 Å². The van der Waals surface area contributed by atoms with E-state index >= 15 is 0 Å². The Morgan fingerprint density at radius 3 is 2.39 bits per heavy atom. The second-order valence-electron chi connectivity index (χ2n) is 7.18. The second kappa shape index (κ2) is 5.50. The van der Waals surface area contributed by atoms with Crippen LogP contribution in [0.2, 0.25) is 0 Å². The monoisotopic (exact) mass is 253 g/mol. The van der Waals surface area contributed by atoms with E-state index in [1.54, 1.807) is 0 Å². The molecule has 2 saturated carbocycles. The molecule has 0 aliphatic heterocycles. The van der Waals surface area contributed by atoms with E-state index in [4.69, 9.17) is 4.74 Å². The van der Waals surface area contributed by atoms with E-state index in [0.717, 1.165) is 18.4 Å². The number of nitrogens with one attached hydrogen (secondary N) is 1. The summed E-state index contributed by atoms with van der Waals surface area (Å²) in [5, 5.41) is 3.58. The summed E-state index contributed by atoms with van der Waals surface area (Å²) in [5.41, 5.74) is 0.308. The molecular formula is C16H31NO. The van der Waals surface area contributed by atoms with Gasteiger partial charge < -0.3 is 10.1 Å². The molecule has 0 radical (unpaired) electrons. The van der Waals surface area contributed by atoms with E-state index in [9.17, 15) is 0 Å². The van der Waals surface area contributed by atoms with Gasteiger partial charge in [-0.1, -0.05) is 34.6 Å². The SMILES string of the molecule is CCNC1CC(OC2CCC(C)C(C)C2)C1(C)C. The molecule has 2 aliphatic carbocycles. The van der Waals surface area contributed by atoms with Gasteiger partial charge in [-0.2, -0.15) is 0 Å². The molecule has 2 aliphatic rings. The van der Waals surface area contributed by atoms with Gasteiger partial charge in [0.2, 0.25) is 0 Å². The molecule has 5 unspecified atom stereocenters. The second-order valence-corrected chi connectivity index (χ2v) is 7.18. The Morgan fingerprint density at radius 2 is 1.83 bits per heavy atom. The predicted molar refractivity (Wildman–Crippen MR) is 76.7 cm³/mol. The van der Waals surface area contributed by atoms with Gasteiger partial charge in [0.15, 0.2) is 0 Å². The van der Waals surface area contributed by atoms with Gasteiger partial charge in [0.1, 0.15) is 0 Å². The lowest BCUT2D eigenvalue weighted by molar-refractivity contribution is -0.159. The molecule has 0 spiro atoms. The summed E-state index contributed by atoms with van der Waals surface area (Å²) in [6.07, 6.45) is 6.05. The fraction of sp³-hybridized carbons (Fsp3) is 1.00. The summed E-state index contributed by atoms with van der Waals surface area (Å²) < 4.78 is 6.40. The Hall–Kier alpha value is -0.0800. The van der Waals surface area contributed by atoms with Crippen LogP contribution in [0.15, 0.2) is 0 Å². The standard InChI is InChI=1S/C16H31NO/c1-6-17-14-10-15(16(14,4)5)18-13-8-7-11(2)12(3)9-13/h11-15,17H,6-10H2,1-5H3. The molecule has 106 valence electrons. The minimum atomic E-state index is 0.308. The van der Waals surface area contributed by atoms with E-state index < -0.39 is 0 Å². The van der Waals surface area contributed by atoms with Gasteiger partial charge in [-0.15, -0.1) is 0 Å². The number of hydrogen-bond donors (Lipinski definition) is 1. The summed E-state index contributed by atoms with van der Waals surface area (Å²) in [4.78, 5) is 0. The normalized spacial score (nSPS) is 43.5. The molecule has 2 fully saturated rings. The Morgan fingerprint density at radius 1 is 1.11 bits per heavy atom. The molecule has 1 N–H and O–H groups in total. The van der Waals surface area contributed by atoms with Crippen LogP contribution in [0.4, 0.5) is 0 Å². The predicted octanol–water partition coefficient (Wildman–Crippen LogP) is 3.60. The molecule has 0 amide bonds. The van der Waals surface area contributed by atoms with Crippen molar-refractivity contribution in [2.45, 2.75) is 78.6 Å². The highest BCUT2D eigenvalue weighted by atomic mass is 16.5. The summed E-state index contributed by atoms with van der Waals surface area (Å²) >= 11 is 0. The van der Waals surface area contributed by atoms with Gasteiger partial charge in [-0.05, 0) is 44.1 Å². The molecule has 18 heavy (non-hydrogen) atoms. The molecular weight excluding hydrogens is 222 g/mol.